The topological polar surface area (TPSA) is 41.1 Å². The summed E-state index contributed by atoms with van der Waals surface area (Å²) in [5.41, 5.74) is -1.83. The predicted molar refractivity (Wildman–Crippen MR) is 70.3 cm³/mol. The van der Waals surface area contributed by atoms with Gasteiger partial charge in [0.15, 0.2) is 0 Å². The third kappa shape index (κ3) is 3.12. The number of carbonyl (C=O) groups is 1. The summed E-state index contributed by atoms with van der Waals surface area (Å²) in [7, 11) is 0. The molecule has 1 amide bonds. The lowest BCUT2D eigenvalue weighted by Gasteiger charge is -2.33. The summed E-state index contributed by atoms with van der Waals surface area (Å²) >= 11 is 0. The van der Waals surface area contributed by atoms with E-state index in [0.717, 1.165) is 18.9 Å². The number of halogens is 3. The van der Waals surface area contributed by atoms with Crippen LogP contribution in [-0.2, 0) is 11.0 Å². The van der Waals surface area contributed by atoms with E-state index in [1.807, 2.05) is 0 Å². The van der Waals surface area contributed by atoms with Crippen LogP contribution in [0.15, 0.2) is 24.3 Å². The zero-order chi connectivity index (χ0) is 14.8. The first-order valence-corrected chi connectivity index (χ1v) is 6.56. The van der Waals surface area contributed by atoms with Crippen LogP contribution in [0.25, 0.3) is 0 Å². The minimum atomic E-state index is -4.48. The zero-order valence-corrected chi connectivity index (χ0v) is 11.2. The van der Waals surface area contributed by atoms with Gasteiger partial charge in [-0.05, 0) is 44.9 Å². The monoisotopic (exact) mass is 286 g/mol. The van der Waals surface area contributed by atoms with Gasteiger partial charge in [-0.1, -0.05) is 12.1 Å². The first kappa shape index (κ1) is 14.8. The molecule has 0 aromatic heterocycles. The number of para-hydroxylation sites is 1. The second kappa shape index (κ2) is 5.44. The maximum Gasteiger partial charge on any atom is 0.418 e. The Morgan fingerprint density at radius 3 is 2.60 bits per heavy atom. The summed E-state index contributed by atoms with van der Waals surface area (Å²) in [6.45, 7) is 2.42. The normalized spacial score (nSPS) is 23.4. The molecule has 1 aromatic carbocycles. The zero-order valence-electron chi connectivity index (χ0n) is 11.2. The minimum absolute atomic E-state index is 0.196. The minimum Gasteiger partial charge on any atom is -0.324 e. The second-order valence-electron chi connectivity index (χ2n) is 5.21. The lowest BCUT2D eigenvalue weighted by molar-refractivity contribution is -0.137. The first-order chi connectivity index (χ1) is 9.33. The van der Waals surface area contributed by atoms with Crippen molar-refractivity contribution in [2.45, 2.75) is 37.9 Å². The predicted octanol–water partition coefficient (Wildman–Crippen LogP) is 3.18. The van der Waals surface area contributed by atoms with Crippen LogP contribution in [0.3, 0.4) is 0 Å². The summed E-state index contributed by atoms with van der Waals surface area (Å²) in [5, 5.41) is 5.49. The SMILES string of the molecule is CC1(C(=O)Nc2ccccc2C(F)(F)F)CCCCN1. The second-order valence-corrected chi connectivity index (χ2v) is 5.21. The standard InChI is InChI=1S/C14H17F3N2O/c1-13(8-4-5-9-18-13)12(20)19-11-7-3-2-6-10(11)14(15,16)17/h2-3,6-7,18H,4-5,8-9H2,1H3,(H,19,20). The molecule has 1 fully saturated rings. The summed E-state index contributed by atoms with van der Waals surface area (Å²) in [5.74, 6) is -0.422. The van der Waals surface area contributed by atoms with E-state index in [1.165, 1.54) is 18.2 Å². The lowest BCUT2D eigenvalue weighted by Crippen LogP contribution is -2.54. The van der Waals surface area contributed by atoms with Gasteiger partial charge in [-0.15, -0.1) is 0 Å². The van der Waals surface area contributed by atoms with E-state index in [9.17, 15) is 18.0 Å². The molecule has 1 saturated heterocycles. The number of carbonyl (C=O) groups excluding carboxylic acids is 1. The van der Waals surface area contributed by atoms with Crippen LogP contribution in [0.5, 0.6) is 0 Å². The Labute approximate surface area is 115 Å². The third-order valence-corrected chi connectivity index (χ3v) is 3.60. The van der Waals surface area contributed by atoms with Gasteiger partial charge in [0.25, 0.3) is 0 Å². The molecule has 0 spiro atoms. The van der Waals surface area contributed by atoms with Crippen LogP contribution in [0, 0.1) is 0 Å². The van der Waals surface area contributed by atoms with Gasteiger partial charge in [-0.25, -0.2) is 0 Å². The van der Waals surface area contributed by atoms with Crippen LogP contribution in [0.1, 0.15) is 31.7 Å². The van der Waals surface area contributed by atoms with Crippen LogP contribution in [0.2, 0.25) is 0 Å². The maximum absolute atomic E-state index is 12.9. The highest BCUT2D eigenvalue weighted by Gasteiger charge is 2.37. The molecule has 0 bridgehead atoms. The van der Waals surface area contributed by atoms with Crippen molar-refractivity contribution in [3.63, 3.8) is 0 Å². The van der Waals surface area contributed by atoms with Crippen LogP contribution in [-0.4, -0.2) is 18.0 Å². The average Bonchev–Trinajstić information content (AvgIpc) is 2.39. The average molecular weight is 286 g/mol. The summed E-state index contributed by atoms with van der Waals surface area (Å²) in [4.78, 5) is 12.2. The maximum atomic E-state index is 12.9. The molecule has 2 N–H and O–H groups in total. The molecule has 1 atom stereocenters. The molecule has 110 valence electrons. The Balaban J connectivity index is 2.20. The number of anilines is 1. The van der Waals surface area contributed by atoms with Gasteiger partial charge in [-0.2, -0.15) is 13.2 Å². The quantitative estimate of drug-likeness (QED) is 0.876. The Kier molecular flexibility index (Phi) is 4.04. The fourth-order valence-corrected chi connectivity index (χ4v) is 2.35. The number of rotatable bonds is 2. The number of hydrogen-bond acceptors (Lipinski definition) is 2. The van der Waals surface area contributed by atoms with Crippen molar-refractivity contribution in [1.82, 2.24) is 5.32 Å². The molecule has 0 radical (unpaired) electrons. The highest BCUT2D eigenvalue weighted by Crippen LogP contribution is 2.35. The Bertz CT molecular complexity index is 493. The molecule has 1 aliphatic heterocycles. The van der Waals surface area contributed by atoms with E-state index >= 15 is 0 Å². The molecule has 0 aliphatic carbocycles. The van der Waals surface area contributed by atoms with Gasteiger partial charge >= 0.3 is 6.18 Å². The molecule has 0 saturated carbocycles. The van der Waals surface area contributed by atoms with E-state index in [2.05, 4.69) is 10.6 Å². The van der Waals surface area contributed by atoms with Gasteiger partial charge in [0.2, 0.25) is 5.91 Å². The van der Waals surface area contributed by atoms with Crippen molar-refractivity contribution in [3.05, 3.63) is 29.8 Å². The molecule has 1 unspecified atom stereocenters. The van der Waals surface area contributed by atoms with Crippen molar-refractivity contribution >= 4 is 11.6 Å². The van der Waals surface area contributed by atoms with Crippen LogP contribution in [0.4, 0.5) is 18.9 Å². The summed E-state index contributed by atoms with van der Waals surface area (Å²) in [6.07, 6.45) is -2.00. The van der Waals surface area contributed by atoms with Gasteiger partial charge in [0, 0.05) is 0 Å². The van der Waals surface area contributed by atoms with Crippen molar-refractivity contribution in [2.75, 3.05) is 11.9 Å². The molecule has 2 rings (SSSR count). The molecule has 1 aromatic rings. The molecule has 1 aliphatic rings. The van der Waals surface area contributed by atoms with E-state index in [-0.39, 0.29) is 5.69 Å². The molecular formula is C14H17F3N2O. The molecular weight excluding hydrogens is 269 g/mol. The Hall–Kier alpha value is -1.56. The molecule has 1 heterocycles. The smallest absolute Gasteiger partial charge is 0.324 e. The van der Waals surface area contributed by atoms with Crippen molar-refractivity contribution < 1.29 is 18.0 Å². The third-order valence-electron chi connectivity index (χ3n) is 3.60. The van der Waals surface area contributed by atoms with Gasteiger partial charge in [0.05, 0.1) is 16.8 Å². The van der Waals surface area contributed by atoms with E-state index in [0.29, 0.717) is 13.0 Å². The number of alkyl halides is 3. The Morgan fingerprint density at radius 1 is 1.30 bits per heavy atom. The van der Waals surface area contributed by atoms with Crippen LogP contribution < -0.4 is 10.6 Å². The van der Waals surface area contributed by atoms with Crippen molar-refractivity contribution in [1.29, 1.82) is 0 Å². The van der Waals surface area contributed by atoms with E-state index in [1.54, 1.807) is 6.92 Å². The summed E-state index contributed by atoms with van der Waals surface area (Å²) < 4.78 is 38.6. The van der Waals surface area contributed by atoms with Crippen molar-refractivity contribution in [2.24, 2.45) is 0 Å². The highest BCUT2D eigenvalue weighted by atomic mass is 19.4. The van der Waals surface area contributed by atoms with Gasteiger partial charge in [-0.3, -0.25) is 4.79 Å². The number of hydrogen-bond donors (Lipinski definition) is 2. The first-order valence-electron chi connectivity index (χ1n) is 6.56. The fraction of sp³-hybridized carbons (Fsp3) is 0.500. The lowest BCUT2D eigenvalue weighted by atomic mass is 9.90. The number of benzene rings is 1. The molecule has 20 heavy (non-hydrogen) atoms. The van der Waals surface area contributed by atoms with E-state index in [4.69, 9.17) is 0 Å². The Morgan fingerprint density at radius 2 is 2.00 bits per heavy atom. The highest BCUT2D eigenvalue weighted by molar-refractivity contribution is 5.98. The number of piperidine rings is 1. The van der Waals surface area contributed by atoms with Gasteiger partial charge < -0.3 is 10.6 Å². The fourth-order valence-electron chi connectivity index (χ4n) is 2.35. The van der Waals surface area contributed by atoms with E-state index < -0.39 is 23.2 Å². The largest absolute Gasteiger partial charge is 0.418 e. The van der Waals surface area contributed by atoms with Crippen LogP contribution >= 0.6 is 0 Å². The number of nitrogens with one attached hydrogen (secondary N) is 2. The van der Waals surface area contributed by atoms with Gasteiger partial charge in [0.1, 0.15) is 0 Å². The molecule has 6 heteroatoms. The summed E-state index contributed by atoms with van der Waals surface area (Å²) in [6, 6.07) is 5.01. The number of amides is 1. The molecule has 3 nitrogen and oxygen atoms in total. The van der Waals surface area contributed by atoms with Crippen molar-refractivity contribution in [3.8, 4) is 0 Å².